The molecule has 1 aromatic carbocycles. The molecule has 1 fully saturated rings. The number of rotatable bonds is 8. The van der Waals surface area contributed by atoms with Gasteiger partial charge in [-0.3, -0.25) is 4.79 Å². The lowest BCUT2D eigenvalue weighted by molar-refractivity contribution is 0.0934. The topological polar surface area (TPSA) is 84.5 Å². The third-order valence-corrected chi connectivity index (χ3v) is 5.67. The normalized spacial score (nSPS) is 18.0. The molecular formula is C17H26N2O4S. The molecule has 0 bridgehead atoms. The van der Waals surface area contributed by atoms with Crippen LogP contribution >= 0.6 is 0 Å². The van der Waals surface area contributed by atoms with E-state index in [1.165, 1.54) is 12.1 Å². The molecule has 2 N–H and O–H groups in total. The standard InChI is InChI=1S/C17H26N2O4S/c1-3-14(4-2)19-17(20)13-7-5-9-16(11-13)24(21,22)18-12-15-8-6-10-23-15/h5,7,9,11,14-15,18H,3-4,6,8,10,12H2,1-2H3,(H,19,20). The molecule has 1 aliphatic heterocycles. The third kappa shape index (κ3) is 5.03. The van der Waals surface area contributed by atoms with Crippen LogP contribution in [-0.4, -0.2) is 39.6 Å². The van der Waals surface area contributed by atoms with E-state index in [4.69, 9.17) is 4.74 Å². The first-order valence-electron chi connectivity index (χ1n) is 8.48. The Hall–Kier alpha value is -1.44. The van der Waals surface area contributed by atoms with Crippen LogP contribution in [0.5, 0.6) is 0 Å². The Labute approximate surface area is 144 Å². The molecule has 24 heavy (non-hydrogen) atoms. The van der Waals surface area contributed by atoms with Crippen molar-refractivity contribution in [3.05, 3.63) is 29.8 Å². The van der Waals surface area contributed by atoms with Crippen molar-refractivity contribution in [2.75, 3.05) is 13.2 Å². The molecule has 1 aromatic rings. The van der Waals surface area contributed by atoms with Crippen LogP contribution in [0.15, 0.2) is 29.2 Å². The summed E-state index contributed by atoms with van der Waals surface area (Å²) >= 11 is 0. The molecule has 1 heterocycles. The first-order chi connectivity index (χ1) is 11.5. The van der Waals surface area contributed by atoms with E-state index >= 15 is 0 Å². The molecule has 0 saturated carbocycles. The summed E-state index contributed by atoms with van der Waals surface area (Å²) in [7, 11) is -3.65. The highest BCUT2D eigenvalue weighted by atomic mass is 32.2. The fraction of sp³-hybridized carbons (Fsp3) is 0.588. The molecule has 0 radical (unpaired) electrons. The Balaban J connectivity index is 2.06. The van der Waals surface area contributed by atoms with E-state index in [0.717, 1.165) is 25.7 Å². The molecule has 134 valence electrons. The number of nitrogens with one attached hydrogen (secondary N) is 2. The predicted molar refractivity (Wildman–Crippen MR) is 92.4 cm³/mol. The van der Waals surface area contributed by atoms with Crippen molar-refractivity contribution >= 4 is 15.9 Å². The van der Waals surface area contributed by atoms with Gasteiger partial charge in [-0.2, -0.15) is 0 Å². The van der Waals surface area contributed by atoms with Gasteiger partial charge in [0, 0.05) is 24.8 Å². The van der Waals surface area contributed by atoms with Crippen LogP contribution in [0.2, 0.25) is 0 Å². The van der Waals surface area contributed by atoms with E-state index in [1.807, 2.05) is 13.8 Å². The van der Waals surface area contributed by atoms with Crippen molar-refractivity contribution in [2.45, 2.75) is 56.6 Å². The number of sulfonamides is 1. The summed E-state index contributed by atoms with van der Waals surface area (Å²) in [5, 5.41) is 2.91. The lowest BCUT2D eigenvalue weighted by Crippen LogP contribution is -2.34. The van der Waals surface area contributed by atoms with E-state index in [9.17, 15) is 13.2 Å². The van der Waals surface area contributed by atoms with E-state index in [1.54, 1.807) is 12.1 Å². The molecular weight excluding hydrogens is 328 g/mol. The Morgan fingerprint density at radius 2 is 2.08 bits per heavy atom. The van der Waals surface area contributed by atoms with Crippen molar-refractivity contribution < 1.29 is 17.9 Å². The maximum Gasteiger partial charge on any atom is 0.251 e. The summed E-state index contributed by atoms with van der Waals surface area (Å²) < 4.78 is 32.8. The van der Waals surface area contributed by atoms with Gasteiger partial charge in [-0.15, -0.1) is 0 Å². The molecule has 7 heteroatoms. The molecule has 0 aromatic heterocycles. The summed E-state index contributed by atoms with van der Waals surface area (Å²) in [5.41, 5.74) is 0.349. The second kappa shape index (κ2) is 8.60. The Morgan fingerprint density at radius 1 is 1.33 bits per heavy atom. The first-order valence-corrected chi connectivity index (χ1v) is 9.96. The molecule has 1 aliphatic rings. The Kier molecular flexibility index (Phi) is 6.77. The fourth-order valence-electron chi connectivity index (χ4n) is 2.66. The monoisotopic (exact) mass is 354 g/mol. The average molecular weight is 354 g/mol. The highest BCUT2D eigenvalue weighted by Gasteiger charge is 2.21. The van der Waals surface area contributed by atoms with Crippen molar-refractivity contribution in [3.63, 3.8) is 0 Å². The second-order valence-corrected chi connectivity index (χ2v) is 7.77. The molecule has 1 amide bonds. The zero-order chi connectivity index (χ0) is 17.6. The Morgan fingerprint density at radius 3 is 2.71 bits per heavy atom. The highest BCUT2D eigenvalue weighted by molar-refractivity contribution is 7.89. The number of benzene rings is 1. The average Bonchev–Trinajstić information content (AvgIpc) is 3.11. The maximum absolute atomic E-state index is 12.4. The fourth-order valence-corrected chi connectivity index (χ4v) is 3.77. The molecule has 1 atom stereocenters. The molecule has 2 rings (SSSR count). The minimum absolute atomic E-state index is 0.0684. The molecule has 1 unspecified atom stereocenters. The van der Waals surface area contributed by atoms with E-state index in [2.05, 4.69) is 10.0 Å². The van der Waals surface area contributed by atoms with Gasteiger partial charge in [-0.05, 0) is 43.9 Å². The van der Waals surface area contributed by atoms with Crippen molar-refractivity contribution in [1.29, 1.82) is 0 Å². The van der Waals surface area contributed by atoms with E-state index in [0.29, 0.717) is 12.2 Å². The summed E-state index contributed by atoms with van der Waals surface area (Å²) in [6.45, 7) is 4.94. The molecule has 6 nitrogen and oxygen atoms in total. The SMILES string of the molecule is CCC(CC)NC(=O)c1cccc(S(=O)(=O)NCC2CCCO2)c1. The van der Waals surface area contributed by atoms with Crippen LogP contribution in [0.4, 0.5) is 0 Å². The zero-order valence-corrected chi connectivity index (χ0v) is 15.1. The summed E-state index contributed by atoms with van der Waals surface area (Å²) in [6.07, 6.45) is 3.42. The van der Waals surface area contributed by atoms with Crippen LogP contribution in [0.3, 0.4) is 0 Å². The number of hydrogen-bond acceptors (Lipinski definition) is 4. The second-order valence-electron chi connectivity index (χ2n) is 6.00. The van der Waals surface area contributed by atoms with Gasteiger partial charge in [0.2, 0.25) is 10.0 Å². The van der Waals surface area contributed by atoms with Crippen LogP contribution < -0.4 is 10.0 Å². The molecule has 0 spiro atoms. The number of amides is 1. The summed E-state index contributed by atoms with van der Waals surface area (Å²) in [5.74, 6) is -0.250. The van der Waals surface area contributed by atoms with E-state index < -0.39 is 10.0 Å². The van der Waals surface area contributed by atoms with Gasteiger partial charge >= 0.3 is 0 Å². The number of ether oxygens (including phenoxy) is 1. The molecule has 0 aliphatic carbocycles. The zero-order valence-electron chi connectivity index (χ0n) is 14.2. The summed E-state index contributed by atoms with van der Waals surface area (Å²) in [6, 6.07) is 6.20. The largest absolute Gasteiger partial charge is 0.377 e. The minimum atomic E-state index is -3.65. The van der Waals surface area contributed by atoms with Crippen LogP contribution in [0.25, 0.3) is 0 Å². The third-order valence-electron chi connectivity index (χ3n) is 4.25. The first kappa shape index (κ1) is 18.9. The maximum atomic E-state index is 12.4. The van der Waals surface area contributed by atoms with Gasteiger partial charge in [0.05, 0.1) is 11.0 Å². The number of hydrogen-bond donors (Lipinski definition) is 2. The van der Waals surface area contributed by atoms with Crippen molar-refractivity contribution in [1.82, 2.24) is 10.0 Å². The van der Waals surface area contributed by atoms with Gasteiger partial charge in [0.1, 0.15) is 0 Å². The van der Waals surface area contributed by atoms with Crippen LogP contribution in [0.1, 0.15) is 49.9 Å². The van der Waals surface area contributed by atoms with Crippen LogP contribution in [-0.2, 0) is 14.8 Å². The number of carbonyl (C=O) groups is 1. The Bertz CT molecular complexity index is 650. The van der Waals surface area contributed by atoms with Gasteiger partial charge in [0.25, 0.3) is 5.91 Å². The van der Waals surface area contributed by atoms with E-state index in [-0.39, 0.29) is 29.5 Å². The van der Waals surface area contributed by atoms with Gasteiger partial charge in [-0.1, -0.05) is 19.9 Å². The lowest BCUT2D eigenvalue weighted by atomic mass is 10.1. The lowest BCUT2D eigenvalue weighted by Gasteiger charge is -2.15. The van der Waals surface area contributed by atoms with Crippen molar-refractivity contribution in [2.24, 2.45) is 0 Å². The predicted octanol–water partition coefficient (Wildman–Crippen LogP) is 2.06. The smallest absolute Gasteiger partial charge is 0.251 e. The number of carbonyl (C=O) groups excluding carboxylic acids is 1. The van der Waals surface area contributed by atoms with Gasteiger partial charge < -0.3 is 10.1 Å². The van der Waals surface area contributed by atoms with Gasteiger partial charge in [0.15, 0.2) is 0 Å². The quantitative estimate of drug-likeness (QED) is 0.748. The molecule has 1 saturated heterocycles. The van der Waals surface area contributed by atoms with Gasteiger partial charge in [-0.25, -0.2) is 13.1 Å². The van der Waals surface area contributed by atoms with Crippen molar-refractivity contribution in [3.8, 4) is 0 Å². The van der Waals surface area contributed by atoms with Crippen LogP contribution in [0, 0.1) is 0 Å². The minimum Gasteiger partial charge on any atom is -0.377 e. The highest BCUT2D eigenvalue weighted by Crippen LogP contribution is 2.15. The summed E-state index contributed by atoms with van der Waals surface area (Å²) in [4.78, 5) is 12.4.